The van der Waals surface area contributed by atoms with Crippen LogP contribution in [0.15, 0.2) is 30.3 Å². The van der Waals surface area contributed by atoms with E-state index in [0.29, 0.717) is 19.3 Å². The standard InChI is InChI=1S/C18H24N4O5/c19-10-6-2-5-9-14(16(20)24)21-17(25)15(11-23)22-18(26)27-12-13-7-3-1-4-8-13/h1,3-4,7-8,14-15,23H,2,5-6,9,11-12H2,(H2,20,24)(H,21,25)(H,22,26)/t14-,15-/m0/s1. The molecule has 146 valence electrons. The highest BCUT2D eigenvalue weighted by atomic mass is 16.5. The number of carbonyl (C=O) groups excluding carboxylic acids is 3. The zero-order valence-corrected chi connectivity index (χ0v) is 14.9. The average molecular weight is 376 g/mol. The van der Waals surface area contributed by atoms with Crippen LogP contribution in [0.1, 0.15) is 31.2 Å². The number of rotatable bonds is 11. The Bertz CT molecular complexity index is 659. The number of amides is 3. The van der Waals surface area contributed by atoms with Crippen LogP contribution in [-0.4, -0.2) is 41.7 Å². The lowest BCUT2D eigenvalue weighted by Gasteiger charge is -2.20. The van der Waals surface area contributed by atoms with E-state index in [-0.39, 0.29) is 13.0 Å². The summed E-state index contributed by atoms with van der Waals surface area (Å²) in [7, 11) is 0. The first kappa shape index (κ1) is 21.9. The topological polar surface area (TPSA) is 155 Å². The number of alkyl carbamates (subject to hydrolysis) is 1. The Morgan fingerprint density at radius 1 is 1.15 bits per heavy atom. The molecule has 0 aliphatic rings. The van der Waals surface area contributed by atoms with Crippen LogP contribution >= 0.6 is 0 Å². The number of primary amides is 1. The Morgan fingerprint density at radius 3 is 2.44 bits per heavy atom. The lowest BCUT2D eigenvalue weighted by atomic mass is 10.1. The van der Waals surface area contributed by atoms with Crippen LogP contribution in [0.2, 0.25) is 0 Å². The van der Waals surface area contributed by atoms with Gasteiger partial charge >= 0.3 is 6.09 Å². The second-order valence-corrected chi connectivity index (χ2v) is 5.81. The largest absolute Gasteiger partial charge is 0.445 e. The molecule has 0 radical (unpaired) electrons. The number of nitriles is 1. The van der Waals surface area contributed by atoms with E-state index in [1.54, 1.807) is 24.3 Å². The van der Waals surface area contributed by atoms with Gasteiger partial charge in [-0.25, -0.2) is 4.79 Å². The molecule has 9 heteroatoms. The number of benzene rings is 1. The molecule has 2 atom stereocenters. The zero-order valence-electron chi connectivity index (χ0n) is 14.9. The number of nitrogens with zero attached hydrogens (tertiary/aromatic N) is 1. The minimum Gasteiger partial charge on any atom is -0.445 e. The van der Waals surface area contributed by atoms with Crippen molar-refractivity contribution in [3.63, 3.8) is 0 Å². The normalized spacial score (nSPS) is 12.3. The molecular weight excluding hydrogens is 352 g/mol. The molecule has 0 heterocycles. The first-order valence-electron chi connectivity index (χ1n) is 8.52. The molecule has 9 nitrogen and oxygen atoms in total. The summed E-state index contributed by atoms with van der Waals surface area (Å²) in [5, 5.41) is 22.5. The van der Waals surface area contributed by atoms with Crippen LogP contribution in [0, 0.1) is 11.3 Å². The third-order valence-electron chi connectivity index (χ3n) is 3.70. The van der Waals surface area contributed by atoms with Gasteiger partial charge in [0.25, 0.3) is 0 Å². The zero-order chi connectivity index (χ0) is 20.1. The van der Waals surface area contributed by atoms with E-state index in [9.17, 15) is 19.5 Å². The van der Waals surface area contributed by atoms with Gasteiger partial charge < -0.3 is 26.2 Å². The van der Waals surface area contributed by atoms with E-state index in [2.05, 4.69) is 10.6 Å². The van der Waals surface area contributed by atoms with E-state index in [1.165, 1.54) is 0 Å². The van der Waals surface area contributed by atoms with Crippen LogP contribution in [-0.2, 0) is 20.9 Å². The number of aliphatic hydroxyl groups is 1. The number of ether oxygens (including phenoxy) is 1. The summed E-state index contributed by atoms with van der Waals surface area (Å²) in [5.74, 6) is -1.48. The number of hydrogen-bond donors (Lipinski definition) is 4. The van der Waals surface area contributed by atoms with Crippen molar-refractivity contribution in [3.05, 3.63) is 35.9 Å². The number of carbonyl (C=O) groups is 3. The first-order chi connectivity index (χ1) is 13.0. The molecule has 3 amide bonds. The molecule has 0 aliphatic heterocycles. The Labute approximate surface area is 157 Å². The van der Waals surface area contributed by atoms with E-state index >= 15 is 0 Å². The molecule has 0 unspecified atom stereocenters. The van der Waals surface area contributed by atoms with Gasteiger partial charge in [0.15, 0.2) is 0 Å². The molecule has 27 heavy (non-hydrogen) atoms. The van der Waals surface area contributed by atoms with Gasteiger partial charge in [0.1, 0.15) is 18.7 Å². The number of hydrogen-bond acceptors (Lipinski definition) is 6. The third-order valence-corrected chi connectivity index (χ3v) is 3.70. The minimum atomic E-state index is -1.28. The van der Waals surface area contributed by atoms with E-state index in [1.807, 2.05) is 12.1 Å². The minimum absolute atomic E-state index is 0.00917. The smallest absolute Gasteiger partial charge is 0.408 e. The summed E-state index contributed by atoms with van der Waals surface area (Å²) in [5.41, 5.74) is 6.03. The van der Waals surface area contributed by atoms with Crippen molar-refractivity contribution in [1.29, 1.82) is 5.26 Å². The molecule has 5 N–H and O–H groups in total. The van der Waals surface area contributed by atoms with Crippen molar-refractivity contribution in [3.8, 4) is 6.07 Å². The van der Waals surface area contributed by atoms with Crippen LogP contribution in [0.5, 0.6) is 0 Å². The fourth-order valence-electron chi connectivity index (χ4n) is 2.21. The van der Waals surface area contributed by atoms with Gasteiger partial charge in [0, 0.05) is 6.42 Å². The number of unbranched alkanes of at least 4 members (excludes halogenated alkanes) is 2. The monoisotopic (exact) mass is 376 g/mol. The SMILES string of the molecule is N#CCCCC[C@H](NC(=O)[C@H](CO)NC(=O)OCc1ccccc1)C(N)=O. The Kier molecular flexibility index (Phi) is 9.96. The van der Waals surface area contributed by atoms with Gasteiger partial charge in [-0.2, -0.15) is 5.26 Å². The van der Waals surface area contributed by atoms with Gasteiger partial charge in [-0.05, 0) is 24.8 Å². The fraction of sp³-hybridized carbons (Fsp3) is 0.444. The fourth-order valence-corrected chi connectivity index (χ4v) is 2.21. The lowest BCUT2D eigenvalue weighted by Crippen LogP contribution is -2.54. The Morgan fingerprint density at radius 2 is 1.85 bits per heavy atom. The summed E-state index contributed by atoms with van der Waals surface area (Å²) < 4.78 is 4.99. The van der Waals surface area contributed by atoms with Gasteiger partial charge in [-0.1, -0.05) is 30.3 Å². The summed E-state index contributed by atoms with van der Waals surface area (Å²) in [4.78, 5) is 35.5. The molecule has 0 saturated carbocycles. The second kappa shape index (κ2) is 12.3. The van der Waals surface area contributed by atoms with E-state index in [4.69, 9.17) is 15.7 Å². The molecule has 1 aromatic rings. The van der Waals surface area contributed by atoms with Crippen molar-refractivity contribution in [2.24, 2.45) is 5.73 Å². The highest BCUT2D eigenvalue weighted by molar-refractivity contribution is 5.90. The Balaban J connectivity index is 2.49. The maximum absolute atomic E-state index is 12.2. The maximum atomic E-state index is 12.2. The number of nitrogens with one attached hydrogen (secondary N) is 2. The number of aliphatic hydroxyl groups excluding tert-OH is 1. The quantitative estimate of drug-likeness (QED) is 0.408. The van der Waals surface area contributed by atoms with Crippen LogP contribution < -0.4 is 16.4 Å². The van der Waals surface area contributed by atoms with Crippen molar-refractivity contribution in [1.82, 2.24) is 10.6 Å². The van der Waals surface area contributed by atoms with E-state index in [0.717, 1.165) is 5.56 Å². The van der Waals surface area contributed by atoms with E-state index < -0.39 is 36.6 Å². The van der Waals surface area contributed by atoms with Crippen molar-refractivity contribution in [2.45, 2.75) is 44.4 Å². The lowest BCUT2D eigenvalue weighted by molar-refractivity contribution is -0.129. The summed E-state index contributed by atoms with van der Waals surface area (Å²) in [6, 6.07) is 8.70. The average Bonchev–Trinajstić information content (AvgIpc) is 2.67. The van der Waals surface area contributed by atoms with Crippen molar-refractivity contribution in [2.75, 3.05) is 6.61 Å². The van der Waals surface area contributed by atoms with Crippen LogP contribution in [0.4, 0.5) is 4.79 Å². The predicted molar refractivity (Wildman–Crippen MR) is 95.8 cm³/mol. The van der Waals surface area contributed by atoms with Crippen LogP contribution in [0.3, 0.4) is 0 Å². The van der Waals surface area contributed by atoms with Gasteiger partial charge in [0.05, 0.1) is 12.7 Å². The predicted octanol–water partition coefficient (Wildman–Crippen LogP) is 0.328. The van der Waals surface area contributed by atoms with Crippen molar-refractivity contribution < 1.29 is 24.2 Å². The summed E-state index contributed by atoms with van der Waals surface area (Å²) >= 11 is 0. The molecule has 0 fully saturated rings. The molecule has 0 spiro atoms. The van der Waals surface area contributed by atoms with Gasteiger partial charge in [0.2, 0.25) is 11.8 Å². The van der Waals surface area contributed by atoms with Gasteiger partial charge in [-0.15, -0.1) is 0 Å². The van der Waals surface area contributed by atoms with Crippen LogP contribution in [0.25, 0.3) is 0 Å². The highest BCUT2D eigenvalue weighted by Crippen LogP contribution is 2.04. The molecule has 0 aliphatic carbocycles. The molecular formula is C18H24N4O5. The molecule has 1 rings (SSSR count). The molecule has 0 saturated heterocycles. The summed E-state index contributed by atoms with van der Waals surface area (Å²) in [6.07, 6.45) is 0.826. The maximum Gasteiger partial charge on any atom is 0.408 e. The third kappa shape index (κ3) is 8.69. The molecule has 0 bridgehead atoms. The second-order valence-electron chi connectivity index (χ2n) is 5.81. The van der Waals surface area contributed by atoms with Gasteiger partial charge in [-0.3, -0.25) is 9.59 Å². The summed E-state index contributed by atoms with van der Waals surface area (Å²) in [6.45, 7) is -0.665. The molecule has 1 aromatic carbocycles. The number of nitrogens with two attached hydrogens (primary N) is 1. The Hall–Kier alpha value is -3.12. The molecule has 0 aromatic heterocycles. The van der Waals surface area contributed by atoms with Crippen molar-refractivity contribution >= 4 is 17.9 Å². The highest BCUT2D eigenvalue weighted by Gasteiger charge is 2.25. The first-order valence-corrected chi connectivity index (χ1v) is 8.52.